The lowest BCUT2D eigenvalue weighted by atomic mass is 9.88. The Bertz CT molecular complexity index is 480. The molecule has 0 heterocycles. The third-order valence-electron chi connectivity index (χ3n) is 3.46. The van der Waals surface area contributed by atoms with Gasteiger partial charge < -0.3 is 20.5 Å². The summed E-state index contributed by atoms with van der Waals surface area (Å²) in [4.78, 5) is 12.1. The van der Waals surface area contributed by atoms with Crippen molar-refractivity contribution in [1.29, 1.82) is 0 Å². The molecule has 0 saturated carbocycles. The van der Waals surface area contributed by atoms with Gasteiger partial charge in [-0.25, -0.2) is 0 Å². The second kappa shape index (κ2) is 8.89. The molecule has 0 saturated heterocycles. The molecule has 0 aliphatic heterocycles. The molecule has 0 radical (unpaired) electrons. The van der Waals surface area contributed by atoms with Crippen LogP contribution in [0.5, 0.6) is 5.75 Å². The number of hydrogen-bond donors (Lipinski definition) is 3. The summed E-state index contributed by atoms with van der Waals surface area (Å²) >= 11 is 0. The van der Waals surface area contributed by atoms with Crippen LogP contribution in [-0.4, -0.2) is 36.8 Å². The number of ether oxygens (including phenoxy) is 1. The van der Waals surface area contributed by atoms with Gasteiger partial charge in [0, 0.05) is 24.2 Å². The average Bonchev–Trinajstić information content (AvgIpc) is 2.45. The van der Waals surface area contributed by atoms with Crippen LogP contribution >= 0.6 is 0 Å². The van der Waals surface area contributed by atoms with Crippen LogP contribution < -0.4 is 15.4 Å². The van der Waals surface area contributed by atoms with Crippen LogP contribution in [0, 0.1) is 5.41 Å². The van der Waals surface area contributed by atoms with Crippen molar-refractivity contribution < 1.29 is 14.6 Å². The van der Waals surface area contributed by atoms with E-state index in [2.05, 4.69) is 31.4 Å². The summed E-state index contributed by atoms with van der Waals surface area (Å²) in [6.45, 7) is 8.44. The van der Waals surface area contributed by atoms with Gasteiger partial charge in [0.15, 0.2) is 0 Å². The molecule has 0 fully saturated rings. The molecule has 2 unspecified atom stereocenters. The van der Waals surface area contributed by atoms with Crippen molar-refractivity contribution in [3.63, 3.8) is 0 Å². The third-order valence-corrected chi connectivity index (χ3v) is 3.46. The summed E-state index contributed by atoms with van der Waals surface area (Å²) in [5.41, 5.74) is 0.877. The maximum atomic E-state index is 12.1. The van der Waals surface area contributed by atoms with Crippen molar-refractivity contribution >= 4 is 11.6 Å². The zero-order chi connectivity index (χ0) is 17.5. The van der Waals surface area contributed by atoms with E-state index >= 15 is 0 Å². The van der Waals surface area contributed by atoms with E-state index < -0.39 is 0 Å². The number of carbonyl (C=O) groups is 1. The van der Waals surface area contributed by atoms with Crippen molar-refractivity contribution in [2.75, 3.05) is 19.0 Å². The fraction of sp³-hybridized carbons (Fsp3) is 0.611. The molecule has 5 heteroatoms. The smallest absolute Gasteiger partial charge is 0.225 e. The predicted octanol–water partition coefficient (Wildman–Crippen LogP) is 2.80. The Morgan fingerprint density at radius 1 is 1.26 bits per heavy atom. The Kier molecular flexibility index (Phi) is 7.52. The third kappa shape index (κ3) is 8.00. The normalized spacial score (nSPS) is 14.2. The van der Waals surface area contributed by atoms with Crippen LogP contribution in [0.4, 0.5) is 5.69 Å². The van der Waals surface area contributed by atoms with E-state index in [9.17, 15) is 9.90 Å². The topological polar surface area (TPSA) is 70.6 Å². The lowest BCUT2D eigenvalue weighted by molar-refractivity contribution is -0.116. The summed E-state index contributed by atoms with van der Waals surface area (Å²) < 4.78 is 5.09. The highest BCUT2D eigenvalue weighted by atomic mass is 16.5. The first kappa shape index (κ1) is 19.5. The number of amides is 1. The Labute approximate surface area is 139 Å². The molecule has 1 rings (SSSR count). The van der Waals surface area contributed by atoms with Crippen molar-refractivity contribution in [3.8, 4) is 5.75 Å². The van der Waals surface area contributed by atoms with Gasteiger partial charge in [0.25, 0.3) is 0 Å². The van der Waals surface area contributed by atoms with Gasteiger partial charge in [-0.3, -0.25) is 4.79 Å². The molecule has 0 aliphatic carbocycles. The van der Waals surface area contributed by atoms with Gasteiger partial charge in [-0.05, 0) is 43.0 Å². The maximum Gasteiger partial charge on any atom is 0.225 e. The van der Waals surface area contributed by atoms with E-state index in [1.165, 1.54) is 0 Å². The summed E-state index contributed by atoms with van der Waals surface area (Å²) in [6, 6.07) is 7.23. The summed E-state index contributed by atoms with van der Waals surface area (Å²) in [7, 11) is 1.61. The van der Waals surface area contributed by atoms with Crippen molar-refractivity contribution in [1.82, 2.24) is 5.32 Å². The van der Waals surface area contributed by atoms with E-state index in [0.717, 1.165) is 17.9 Å². The number of nitrogens with one attached hydrogen (secondary N) is 2. The molecular formula is C18H30N2O3. The van der Waals surface area contributed by atoms with Gasteiger partial charge in [-0.15, -0.1) is 0 Å². The minimum Gasteiger partial charge on any atom is -0.497 e. The molecular weight excluding hydrogens is 292 g/mol. The minimum atomic E-state index is -0.0531. The van der Waals surface area contributed by atoms with E-state index in [4.69, 9.17) is 4.74 Å². The molecule has 5 nitrogen and oxygen atoms in total. The van der Waals surface area contributed by atoms with Crippen molar-refractivity contribution in [3.05, 3.63) is 24.3 Å². The Morgan fingerprint density at radius 3 is 2.35 bits per heavy atom. The molecule has 1 aromatic carbocycles. The fourth-order valence-corrected chi connectivity index (χ4v) is 2.54. The van der Waals surface area contributed by atoms with Gasteiger partial charge in [0.2, 0.25) is 5.91 Å². The van der Waals surface area contributed by atoms with Gasteiger partial charge in [-0.2, -0.15) is 0 Å². The number of aliphatic hydroxyl groups is 1. The number of hydrogen-bond acceptors (Lipinski definition) is 4. The summed E-state index contributed by atoms with van der Waals surface area (Å²) in [5, 5.41) is 15.7. The van der Waals surface area contributed by atoms with Crippen LogP contribution in [0.25, 0.3) is 0 Å². The SMILES string of the molecule is COc1ccc(NC(=O)CC(C)NC(CO)CC(C)(C)C)cc1. The average molecular weight is 322 g/mol. The predicted molar refractivity (Wildman–Crippen MR) is 93.8 cm³/mol. The summed E-state index contributed by atoms with van der Waals surface area (Å²) in [6.07, 6.45) is 1.21. The van der Waals surface area contributed by atoms with Crippen LogP contribution in [0.15, 0.2) is 24.3 Å². The standard InChI is InChI=1S/C18H30N2O3/c1-13(19-15(12-21)11-18(2,3)4)10-17(22)20-14-6-8-16(23-5)9-7-14/h6-9,13,15,19,21H,10-12H2,1-5H3,(H,20,22). The van der Waals surface area contributed by atoms with Gasteiger partial charge in [0.1, 0.15) is 5.75 Å². The highest BCUT2D eigenvalue weighted by Gasteiger charge is 2.20. The van der Waals surface area contributed by atoms with Gasteiger partial charge in [0.05, 0.1) is 13.7 Å². The Morgan fingerprint density at radius 2 is 1.87 bits per heavy atom. The van der Waals surface area contributed by atoms with Gasteiger partial charge in [-0.1, -0.05) is 20.8 Å². The molecule has 1 amide bonds. The largest absolute Gasteiger partial charge is 0.497 e. The number of rotatable bonds is 8. The van der Waals surface area contributed by atoms with Gasteiger partial charge >= 0.3 is 0 Å². The first-order valence-corrected chi connectivity index (χ1v) is 8.04. The number of aliphatic hydroxyl groups excluding tert-OH is 1. The zero-order valence-electron chi connectivity index (χ0n) is 14.8. The number of anilines is 1. The Hall–Kier alpha value is -1.59. The molecule has 3 N–H and O–H groups in total. The van der Waals surface area contributed by atoms with E-state index in [1.54, 1.807) is 7.11 Å². The molecule has 1 aromatic rings. The minimum absolute atomic E-state index is 0.00112. The quantitative estimate of drug-likeness (QED) is 0.688. The Balaban J connectivity index is 2.45. The van der Waals surface area contributed by atoms with Crippen molar-refractivity contribution in [2.24, 2.45) is 5.41 Å². The maximum absolute atomic E-state index is 12.1. The van der Waals surface area contributed by atoms with Crippen LogP contribution in [0.3, 0.4) is 0 Å². The van der Waals surface area contributed by atoms with Crippen molar-refractivity contribution in [2.45, 2.75) is 52.6 Å². The number of benzene rings is 1. The fourth-order valence-electron chi connectivity index (χ4n) is 2.54. The molecule has 23 heavy (non-hydrogen) atoms. The molecule has 0 aromatic heterocycles. The van der Waals surface area contributed by atoms with E-state index in [1.807, 2.05) is 31.2 Å². The molecule has 0 bridgehead atoms. The lowest BCUT2D eigenvalue weighted by Crippen LogP contribution is -2.42. The van der Waals surface area contributed by atoms with Crippen LogP contribution in [-0.2, 0) is 4.79 Å². The monoisotopic (exact) mass is 322 g/mol. The second-order valence-corrected chi connectivity index (χ2v) is 7.19. The molecule has 130 valence electrons. The second-order valence-electron chi connectivity index (χ2n) is 7.19. The molecule has 0 aliphatic rings. The van der Waals surface area contributed by atoms with Crippen LogP contribution in [0.2, 0.25) is 0 Å². The molecule has 0 spiro atoms. The zero-order valence-corrected chi connectivity index (χ0v) is 14.8. The number of methoxy groups -OCH3 is 1. The highest BCUT2D eigenvalue weighted by Crippen LogP contribution is 2.21. The lowest BCUT2D eigenvalue weighted by Gasteiger charge is -2.28. The first-order chi connectivity index (χ1) is 10.7. The first-order valence-electron chi connectivity index (χ1n) is 8.04. The highest BCUT2D eigenvalue weighted by molar-refractivity contribution is 5.91. The number of carbonyl (C=O) groups excluding carboxylic acids is 1. The van der Waals surface area contributed by atoms with E-state index in [0.29, 0.717) is 6.42 Å². The van der Waals surface area contributed by atoms with Crippen LogP contribution in [0.1, 0.15) is 40.5 Å². The van der Waals surface area contributed by atoms with E-state index in [-0.39, 0.29) is 30.0 Å². The molecule has 2 atom stereocenters. The summed E-state index contributed by atoms with van der Waals surface area (Å²) in [5.74, 6) is 0.702.